The van der Waals surface area contributed by atoms with E-state index in [2.05, 4.69) is 34.6 Å². The molecule has 0 saturated carbocycles. The summed E-state index contributed by atoms with van der Waals surface area (Å²) in [7, 11) is 0. The molecule has 0 aromatic rings. The summed E-state index contributed by atoms with van der Waals surface area (Å²) in [5.74, 6) is 3.13. The zero-order valence-corrected chi connectivity index (χ0v) is 18.6. The van der Waals surface area contributed by atoms with E-state index in [1.165, 1.54) is 51.4 Å². The van der Waals surface area contributed by atoms with E-state index in [1.54, 1.807) is 0 Å². The van der Waals surface area contributed by atoms with Crippen molar-refractivity contribution in [1.29, 1.82) is 0 Å². The summed E-state index contributed by atoms with van der Waals surface area (Å²) in [5.41, 5.74) is 5.80. The normalized spacial score (nSPS) is 16.3. The fourth-order valence-corrected chi connectivity index (χ4v) is 3.97. The molecule has 0 fully saturated rings. The van der Waals surface area contributed by atoms with E-state index in [1.807, 2.05) is 0 Å². The van der Waals surface area contributed by atoms with Gasteiger partial charge in [-0.1, -0.05) is 79.6 Å². The fraction of sp³-hybridized carbons (Fsp3) is 1.00. The summed E-state index contributed by atoms with van der Waals surface area (Å²) < 4.78 is 0. The largest absolute Gasteiger partial charge is 0.393 e. The minimum absolute atomic E-state index is 0. The highest BCUT2D eigenvalue weighted by Crippen LogP contribution is 2.24. The molecule has 154 valence electrons. The number of aliphatic hydroxyl groups excluding tert-OH is 1. The molecule has 0 radical (unpaired) electrons. The van der Waals surface area contributed by atoms with Crippen LogP contribution in [0.2, 0.25) is 0 Å². The topological polar surface area (TPSA) is 46.2 Å². The van der Waals surface area contributed by atoms with Gasteiger partial charge in [0.2, 0.25) is 0 Å². The molecule has 0 aliphatic rings. The van der Waals surface area contributed by atoms with Crippen LogP contribution in [0, 0.1) is 23.7 Å². The second-order valence-corrected chi connectivity index (χ2v) is 8.39. The van der Waals surface area contributed by atoms with E-state index in [4.69, 9.17) is 5.73 Å². The van der Waals surface area contributed by atoms with Gasteiger partial charge >= 0.3 is 0 Å². The zero-order valence-electron chi connectivity index (χ0n) is 17.8. The lowest BCUT2D eigenvalue weighted by Crippen LogP contribution is -2.16. The van der Waals surface area contributed by atoms with E-state index >= 15 is 0 Å². The first kappa shape index (κ1) is 27.4. The highest BCUT2D eigenvalue weighted by molar-refractivity contribution is 5.85. The first-order chi connectivity index (χ1) is 11.5. The number of nitrogens with two attached hydrogens (primary N) is 1. The van der Waals surface area contributed by atoms with Gasteiger partial charge in [0.15, 0.2) is 0 Å². The Balaban J connectivity index is 0. The van der Waals surface area contributed by atoms with Crippen molar-refractivity contribution in [2.24, 2.45) is 29.4 Å². The van der Waals surface area contributed by atoms with Gasteiger partial charge in [-0.25, -0.2) is 0 Å². The van der Waals surface area contributed by atoms with E-state index < -0.39 is 0 Å². The lowest BCUT2D eigenvalue weighted by atomic mass is 9.88. The van der Waals surface area contributed by atoms with Gasteiger partial charge in [0.05, 0.1) is 6.10 Å². The van der Waals surface area contributed by atoms with Crippen LogP contribution in [0.25, 0.3) is 0 Å². The van der Waals surface area contributed by atoms with Gasteiger partial charge in [0, 0.05) is 0 Å². The lowest BCUT2D eigenvalue weighted by molar-refractivity contribution is 0.142. The van der Waals surface area contributed by atoms with Crippen LogP contribution in [0.4, 0.5) is 0 Å². The SMILES string of the molecule is CCC(CC)CC(C)CCCC(O)CCCC(C)CC(CC)CN.Cl. The summed E-state index contributed by atoms with van der Waals surface area (Å²) in [6.07, 6.45) is 13.2. The molecular weight excluding hydrogens is 330 g/mol. The minimum Gasteiger partial charge on any atom is -0.393 e. The Labute approximate surface area is 165 Å². The molecule has 0 aromatic carbocycles. The Morgan fingerprint density at radius 2 is 1.12 bits per heavy atom. The molecule has 0 aliphatic heterocycles. The predicted octanol–water partition coefficient (Wildman–Crippen LogP) is 6.58. The van der Waals surface area contributed by atoms with E-state index in [9.17, 15) is 5.11 Å². The molecule has 0 bridgehead atoms. The standard InChI is InChI=1S/C22H47NO.ClH/c1-6-20(7-2)15-18(4)11-9-13-22(24)14-10-12-19(5)16-21(8-3)17-23;/h18-22,24H,6-17,23H2,1-5H3;1H. The van der Waals surface area contributed by atoms with Gasteiger partial charge in [-0.15, -0.1) is 12.4 Å². The summed E-state index contributed by atoms with van der Waals surface area (Å²) >= 11 is 0. The van der Waals surface area contributed by atoms with Crippen LogP contribution in [0.5, 0.6) is 0 Å². The number of halogens is 1. The van der Waals surface area contributed by atoms with Crippen molar-refractivity contribution in [2.75, 3.05) is 6.54 Å². The van der Waals surface area contributed by atoms with E-state index in [-0.39, 0.29) is 18.5 Å². The molecule has 0 saturated heterocycles. The first-order valence-electron chi connectivity index (χ1n) is 10.8. The third-order valence-corrected chi connectivity index (χ3v) is 6.01. The fourth-order valence-electron chi connectivity index (χ4n) is 3.97. The minimum atomic E-state index is -0.0889. The number of aliphatic hydroxyl groups is 1. The molecule has 0 heterocycles. The van der Waals surface area contributed by atoms with Crippen molar-refractivity contribution in [1.82, 2.24) is 0 Å². The van der Waals surface area contributed by atoms with Crippen LogP contribution in [0.15, 0.2) is 0 Å². The van der Waals surface area contributed by atoms with Crippen molar-refractivity contribution < 1.29 is 5.11 Å². The Morgan fingerprint density at radius 1 is 0.720 bits per heavy atom. The molecular formula is C22H48ClNO. The summed E-state index contributed by atoms with van der Waals surface area (Å²) in [4.78, 5) is 0. The predicted molar refractivity (Wildman–Crippen MR) is 115 cm³/mol. The van der Waals surface area contributed by atoms with E-state index in [0.29, 0.717) is 5.92 Å². The van der Waals surface area contributed by atoms with Crippen LogP contribution in [-0.2, 0) is 0 Å². The van der Waals surface area contributed by atoms with Crippen LogP contribution in [0.1, 0.15) is 105 Å². The van der Waals surface area contributed by atoms with Crippen LogP contribution >= 0.6 is 12.4 Å². The Kier molecular flexibility index (Phi) is 19.3. The molecule has 3 heteroatoms. The Bertz CT molecular complexity index is 241. The van der Waals surface area contributed by atoms with Crippen molar-refractivity contribution >= 4 is 12.4 Å². The Morgan fingerprint density at radius 3 is 1.48 bits per heavy atom. The number of hydrogen-bond acceptors (Lipinski definition) is 2. The highest BCUT2D eigenvalue weighted by atomic mass is 35.5. The maximum absolute atomic E-state index is 10.2. The summed E-state index contributed by atoms with van der Waals surface area (Å²) in [6, 6.07) is 0. The lowest BCUT2D eigenvalue weighted by Gasteiger charge is -2.20. The average Bonchev–Trinajstić information content (AvgIpc) is 2.57. The Hall–Kier alpha value is 0.210. The molecule has 0 aromatic heterocycles. The highest BCUT2D eigenvalue weighted by Gasteiger charge is 2.13. The van der Waals surface area contributed by atoms with Crippen LogP contribution < -0.4 is 5.73 Å². The van der Waals surface area contributed by atoms with Gasteiger partial charge < -0.3 is 10.8 Å². The van der Waals surface area contributed by atoms with Crippen molar-refractivity contribution in [3.8, 4) is 0 Å². The van der Waals surface area contributed by atoms with Crippen molar-refractivity contribution in [3.05, 3.63) is 0 Å². The van der Waals surface area contributed by atoms with Crippen LogP contribution in [0.3, 0.4) is 0 Å². The van der Waals surface area contributed by atoms with Crippen LogP contribution in [-0.4, -0.2) is 17.8 Å². The number of rotatable bonds is 16. The van der Waals surface area contributed by atoms with Crippen molar-refractivity contribution in [3.63, 3.8) is 0 Å². The molecule has 3 N–H and O–H groups in total. The molecule has 0 spiro atoms. The molecule has 0 amide bonds. The quantitative estimate of drug-likeness (QED) is 0.319. The van der Waals surface area contributed by atoms with E-state index in [0.717, 1.165) is 43.6 Å². The molecule has 25 heavy (non-hydrogen) atoms. The van der Waals surface area contributed by atoms with Gasteiger partial charge in [0.25, 0.3) is 0 Å². The zero-order chi connectivity index (χ0) is 18.4. The molecule has 4 atom stereocenters. The molecule has 0 aliphatic carbocycles. The second kappa shape index (κ2) is 17.6. The van der Waals surface area contributed by atoms with Gasteiger partial charge in [-0.05, 0) is 55.9 Å². The van der Waals surface area contributed by atoms with Gasteiger partial charge in [0.1, 0.15) is 0 Å². The maximum atomic E-state index is 10.2. The molecule has 2 nitrogen and oxygen atoms in total. The smallest absolute Gasteiger partial charge is 0.0540 e. The average molecular weight is 378 g/mol. The third kappa shape index (κ3) is 15.0. The first-order valence-corrected chi connectivity index (χ1v) is 10.8. The molecule has 0 rings (SSSR count). The summed E-state index contributed by atoms with van der Waals surface area (Å²) in [6.45, 7) is 12.4. The third-order valence-electron chi connectivity index (χ3n) is 6.01. The van der Waals surface area contributed by atoms with Crippen molar-refractivity contribution in [2.45, 2.75) is 111 Å². The summed E-state index contributed by atoms with van der Waals surface area (Å²) in [5, 5.41) is 10.2. The van der Waals surface area contributed by atoms with Gasteiger partial charge in [-0.2, -0.15) is 0 Å². The van der Waals surface area contributed by atoms with Gasteiger partial charge in [-0.3, -0.25) is 0 Å². The maximum Gasteiger partial charge on any atom is 0.0540 e. The second-order valence-electron chi connectivity index (χ2n) is 8.39. The molecule has 4 unspecified atom stereocenters. The number of hydrogen-bond donors (Lipinski definition) is 2. The monoisotopic (exact) mass is 377 g/mol.